The van der Waals surface area contributed by atoms with Crippen molar-refractivity contribution in [3.63, 3.8) is 0 Å². The Balaban J connectivity index is 2.34. The van der Waals surface area contributed by atoms with Gasteiger partial charge in [0.1, 0.15) is 5.69 Å². The molecule has 0 amide bonds. The van der Waals surface area contributed by atoms with Gasteiger partial charge in [0.15, 0.2) is 0 Å². The Kier molecular flexibility index (Phi) is 3.08. The maximum Gasteiger partial charge on any atom is 0.433 e. The van der Waals surface area contributed by atoms with Crippen LogP contribution < -0.4 is 5.73 Å². The molecule has 0 unspecified atom stereocenters. The molecule has 0 fully saturated rings. The van der Waals surface area contributed by atoms with Crippen molar-refractivity contribution in [2.24, 2.45) is 5.73 Å². The number of aromatic nitrogens is 3. The monoisotopic (exact) mass is 256 g/mol. The Morgan fingerprint density at radius 1 is 1.33 bits per heavy atom. The van der Waals surface area contributed by atoms with Crippen LogP contribution in [0.25, 0.3) is 5.69 Å². The summed E-state index contributed by atoms with van der Waals surface area (Å²) in [6, 6.07) is 2.25. The Hall–Kier alpha value is -1.89. The Morgan fingerprint density at radius 2 is 2.06 bits per heavy atom. The molecule has 0 saturated carbocycles. The lowest BCUT2D eigenvalue weighted by Gasteiger charge is -2.06. The normalized spacial score (nSPS) is 11.8. The summed E-state index contributed by atoms with van der Waals surface area (Å²) in [7, 11) is 0. The van der Waals surface area contributed by atoms with Gasteiger partial charge in [-0.05, 0) is 19.1 Å². The van der Waals surface area contributed by atoms with Crippen LogP contribution in [0.5, 0.6) is 0 Å². The van der Waals surface area contributed by atoms with Crippen LogP contribution >= 0.6 is 0 Å². The summed E-state index contributed by atoms with van der Waals surface area (Å²) in [6.07, 6.45) is -1.61. The first-order valence-corrected chi connectivity index (χ1v) is 5.20. The van der Waals surface area contributed by atoms with E-state index in [-0.39, 0.29) is 0 Å². The molecule has 2 heterocycles. The van der Waals surface area contributed by atoms with Crippen LogP contribution in [0, 0.1) is 6.92 Å². The molecule has 0 saturated heterocycles. The second-order valence-electron chi connectivity index (χ2n) is 3.79. The number of pyridine rings is 1. The Morgan fingerprint density at radius 3 is 2.50 bits per heavy atom. The molecule has 2 aromatic rings. The smallest absolute Gasteiger partial charge is 0.326 e. The number of nitrogens with zero attached hydrogens (tertiary/aromatic N) is 3. The minimum absolute atomic E-state index is 0.333. The van der Waals surface area contributed by atoms with Crippen molar-refractivity contribution >= 4 is 0 Å². The fourth-order valence-electron chi connectivity index (χ4n) is 1.52. The zero-order valence-electron chi connectivity index (χ0n) is 9.57. The van der Waals surface area contributed by atoms with Crippen LogP contribution in [0.1, 0.15) is 17.0 Å². The van der Waals surface area contributed by atoms with Gasteiger partial charge in [0.2, 0.25) is 0 Å². The van der Waals surface area contributed by atoms with Crippen molar-refractivity contribution < 1.29 is 13.2 Å². The fraction of sp³-hybridized carbons (Fsp3) is 0.273. The van der Waals surface area contributed by atoms with Crippen LogP contribution in [0.4, 0.5) is 13.2 Å². The summed E-state index contributed by atoms with van der Waals surface area (Å²) >= 11 is 0. The van der Waals surface area contributed by atoms with E-state index in [0.717, 1.165) is 23.5 Å². The largest absolute Gasteiger partial charge is 0.433 e. The molecule has 2 N–H and O–H groups in total. The van der Waals surface area contributed by atoms with Gasteiger partial charge in [-0.15, -0.1) is 0 Å². The number of aryl methyl sites for hydroxylation is 1. The third-order valence-electron chi connectivity index (χ3n) is 2.52. The topological polar surface area (TPSA) is 56.7 Å². The Bertz CT molecular complexity index is 542. The summed E-state index contributed by atoms with van der Waals surface area (Å²) in [6.45, 7) is 2.12. The maximum atomic E-state index is 12.3. The number of hydrogen-bond acceptors (Lipinski definition) is 3. The molecule has 0 aliphatic heterocycles. The predicted octanol–water partition coefficient (Wildman–Crippen LogP) is 2.05. The molecule has 0 aromatic carbocycles. The first kappa shape index (κ1) is 12.6. The lowest BCUT2D eigenvalue weighted by molar-refractivity contribution is -0.141. The first-order valence-electron chi connectivity index (χ1n) is 5.20. The van der Waals surface area contributed by atoms with Gasteiger partial charge in [0.05, 0.1) is 17.6 Å². The molecule has 4 nitrogen and oxygen atoms in total. The molecular weight excluding hydrogens is 245 g/mol. The van der Waals surface area contributed by atoms with Crippen molar-refractivity contribution in [2.75, 3.05) is 0 Å². The summed E-state index contributed by atoms with van der Waals surface area (Å²) in [5.74, 6) is 0. The van der Waals surface area contributed by atoms with Gasteiger partial charge in [-0.3, -0.25) is 0 Å². The average molecular weight is 256 g/mol. The van der Waals surface area contributed by atoms with Crippen LogP contribution in [0.2, 0.25) is 0 Å². The highest BCUT2D eigenvalue weighted by atomic mass is 19.4. The van der Waals surface area contributed by atoms with Crippen molar-refractivity contribution in [2.45, 2.75) is 19.6 Å². The van der Waals surface area contributed by atoms with Crippen LogP contribution in [0.3, 0.4) is 0 Å². The molecule has 2 rings (SSSR count). The molecule has 0 aliphatic carbocycles. The lowest BCUT2D eigenvalue weighted by Crippen LogP contribution is -2.08. The van der Waals surface area contributed by atoms with E-state index < -0.39 is 11.9 Å². The molecule has 0 atom stereocenters. The van der Waals surface area contributed by atoms with E-state index in [4.69, 9.17) is 5.73 Å². The van der Waals surface area contributed by atoms with Crippen molar-refractivity contribution in [1.29, 1.82) is 0 Å². The van der Waals surface area contributed by atoms with E-state index in [1.807, 2.05) is 0 Å². The predicted molar refractivity (Wildman–Crippen MR) is 59.0 cm³/mol. The van der Waals surface area contributed by atoms with Gasteiger partial charge in [-0.25, -0.2) is 9.67 Å². The molecule has 18 heavy (non-hydrogen) atoms. The summed E-state index contributed by atoms with van der Waals surface area (Å²) in [5.41, 5.74) is 6.64. The number of hydrogen-bond donors (Lipinski definition) is 1. The molecule has 0 spiro atoms. The molecule has 96 valence electrons. The minimum atomic E-state index is -4.43. The first-order chi connectivity index (χ1) is 8.41. The highest BCUT2D eigenvalue weighted by Crippen LogP contribution is 2.27. The molecule has 0 aliphatic rings. The number of rotatable bonds is 2. The van der Waals surface area contributed by atoms with Gasteiger partial charge in [0.25, 0.3) is 0 Å². The van der Waals surface area contributed by atoms with Crippen LogP contribution in [-0.4, -0.2) is 14.8 Å². The quantitative estimate of drug-likeness (QED) is 0.894. The second kappa shape index (κ2) is 4.41. The zero-order chi connectivity index (χ0) is 13.3. The summed E-state index contributed by atoms with van der Waals surface area (Å²) in [5, 5.41) is 4.16. The highest BCUT2D eigenvalue weighted by molar-refractivity contribution is 5.31. The van der Waals surface area contributed by atoms with Gasteiger partial charge in [0, 0.05) is 18.3 Å². The van der Waals surface area contributed by atoms with Crippen LogP contribution in [0.15, 0.2) is 24.5 Å². The van der Waals surface area contributed by atoms with Crippen molar-refractivity contribution in [3.8, 4) is 5.69 Å². The van der Waals surface area contributed by atoms with Gasteiger partial charge >= 0.3 is 6.18 Å². The van der Waals surface area contributed by atoms with E-state index >= 15 is 0 Å². The molecule has 7 heteroatoms. The van der Waals surface area contributed by atoms with E-state index in [2.05, 4.69) is 10.1 Å². The number of halogens is 3. The molecule has 2 aromatic heterocycles. The van der Waals surface area contributed by atoms with E-state index in [9.17, 15) is 13.2 Å². The molecule has 0 bridgehead atoms. The average Bonchev–Trinajstić information content (AvgIpc) is 2.69. The third kappa shape index (κ3) is 2.35. The van der Waals surface area contributed by atoms with Gasteiger partial charge in [-0.1, -0.05) is 0 Å². The highest BCUT2D eigenvalue weighted by Gasteiger charge is 2.32. The SMILES string of the molecule is Cc1nn(-c2ccc(C(F)(F)F)nc2)cc1CN. The second-order valence-corrected chi connectivity index (χ2v) is 3.79. The zero-order valence-corrected chi connectivity index (χ0v) is 9.57. The third-order valence-corrected chi connectivity index (χ3v) is 2.52. The standard InChI is InChI=1S/C11H11F3N4/c1-7-8(4-15)6-18(17-7)9-2-3-10(16-5-9)11(12,13)14/h2-3,5-6H,4,15H2,1H3. The Labute approximate surface area is 101 Å². The van der Waals surface area contributed by atoms with Crippen molar-refractivity contribution in [3.05, 3.63) is 41.5 Å². The molecule has 0 radical (unpaired) electrons. The van der Waals surface area contributed by atoms with Crippen molar-refractivity contribution in [1.82, 2.24) is 14.8 Å². The molecular formula is C11H11F3N4. The van der Waals surface area contributed by atoms with Gasteiger partial charge < -0.3 is 5.73 Å². The van der Waals surface area contributed by atoms with E-state index in [1.165, 1.54) is 10.7 Å². The maximum absolute atomic E-state index is 12.3. The fourth-order valence-corrected chi connectivity index (χ4v) is 1.52. The minimum Gasteiger partial charge on any atom is -0.326 e. The summed E-state index contributed by atoms with van der Waals surface area (Å²) in [4.78, 5) is 3.37. The van der Waals surface area contributed by atoms with E-state index in [1.54, 1.807) is 13.1 Å². The summed E-state index contributed by atoms with van der Waals surface area (Å²) < 4.78 is 38.5. The van der Waals surface area contributed by atoms with Crippen LogP contribution in [-0.2, 0) is 12.7 Å². The van der Waals surface area contributed by atoms with Gasteiger partial charge in [-0.2, -0.15) is 18.3 Å². The lowest BCUT2D eigenvalue weighted by atomic mass is 10.3. The number of nitrogens with two attached hydrogens (primary N) is 1. The van der Waals surface area contributed by atoms with E-state index in [0.29, 0.717) is 12.2 Å². The number of alkyl halides is 3.